The lowest BCUT2D eigenvalue weighted by molar-refractivity contribution is -0.303. The van der Waals surface area contributed by atoms with Gasteiger partial charge in [0, 0.05) is 115 Å². The number of nitrogens with one attached hydrogen (secondary N) is 10. The molecule has 3 aliphatic rings. The number of likely N-dealkylation sites (N-methyl/N-ethyl adjacent to an activating group) is 4. The van der Waals surface area contributed by atoms with Crippen LogP contribution in [0, 0.1) is 0 Å². The van der Waals surface area contributed by atoms with Crippen LogP contribution in [-0.2, 0) is 81.2 Å². The van der Waals surface area contributed by atoms with Gasteiger partial charge in [0.15, 0.2) is 6.29 Å². The Morgan fingerprint density at radius 2 is 1.23 bits per heavy atom. The van der Waals surface area contributed by atoms with Gasteiger partial charge in [0.1, 0.15) is 61.4 Å². The molecular weight excluding hydrogens is 1360 g/mol. The number of carboxylic acid groups (broad SMARTS) is 1. The molecule has 0 saturated carbocycles. The second kappa shape index (κ2) is 64.6. The predicted octanol–water partition coefficient (Wildman–Crippen LogP) is -9.20. The van der Waals surface area contributed by atoms with Gasteiger partial charge in [0.05, 0.1) is 50.0 Å². The van der Waals surface area contributed by atoms with E-state index in [9.17, 15) is 93.3 Å². The molecule has 0 radical (unpaired) electrons. The predicted molar refractivity (Wildman–Crippen MR) is 355 cm³/mol. The van der Waals surface area contributed by atoms with Crippen LogP contribution in [0.5, 0.6) is 0 Å². The molecule has 3 heterocycles. The Balaban J connectivity index is -0.000000158. The smallest absolute Gasteiger partial charge is 0.364 e. The number of thiocarbonyl (C=S) groups is 1. The summed E-state index contributed by atoms with van der Waals surface area (Å²) in [4.78, 5) is 128. The van der Waals surface area contributed by atoms with E-state index in [1.807, 2.05) is 14.0 Å². The molecule has 0 bridgehead atoms. The van der Waals surface area contributed by atoms with Crippen LogP contribution in [0.2, 0.25) is 0 Å². The molecule has 0 spiro atoms. The number of hydrazine groups is 1. The van der Waals surface area contributed by atoms with E-state index in [1.165, 1.54) is 56.0 Å². The van der Waals surface area contributed by atoms with Crippen molar-refractivity contribution in [1.82, 2.24) is 57.7 Å². The highest BCUT2D eigenvalue weighted by molar-refractivity contribution is 8.11. The van der Waals surface area contributed by atoms with Gasteiger partial charge >= 0.3 is 11.9 Å². The van der Waals surface area contributed by atoms with Gasteiger partial charge in [0.25, 0.3) is 5.79 Å². The van der Waals surface area contributed by atoms with E-state index < -0.39 is 117 Å². The number of nitrogens with zero attached hydrogens (tertiary/aromatic N) is 4. The van der Waals surface area contributed by atoms with Crippen LogP contribution in [0.3, 0.4) is 0 Å². The molecule has 14 atom stereocenters. The number of aliphatic carboxylic acids is 1. The number of imide groups is 1. The lowest BCUT2D eigenvalue weighted by Crippen LogP contribution is -2.67. The molecule has 0 aliphatic carbocycles. The second-order valence-corrected chi connectivity index (χ2v) is 20.7. The Bertz CT molecular complexity index is 2300. The fraction of sp³-hybridized carbons (Fsp3) is 0.755. The van der Waals surface area contributed by atoms with Crippen LogP contribution in [-0.4, -0.2) is 320 Å². The molecule has 98 heavy (non-hydrogen) atoms. The molecule has 3 saturated heterocycles. The number of hydrogen-bond acceptors (Lipinski definition) is 33. The van der Waals surface area contributed by atoms with E-state index in [4.69, 9.17) is 51.3 Å². The summed E-state index contributed by atoms with van der Waals surface area (Å²) in [6.07, 6.45) is -13.1. The van der Waals surface area contributed by atoms with Crippen molar-refractivity contribution in [2.24, 2.45) is 16.6 Å². The number of aliphatic hydroxyl groups is 9. The lowest BCUT2D eigenvalue weighted by Gasteiger charge is -2.46. The van der Waals surface area contributed by atoms with Gasteiger partial charge in [-0.25, -0.2) is 20.0 Å². The SMILES string of the molecule is CNC(=O)C(C)N.CNC(=O)C(C)NC(C)=O.CNC(=O)CN.CNC(=O)CN=[N+]=[N-].CNC(C)=O.CNC(C)=S.CNN1C(=O)CCC1=O.CNSC(C)=O.COC(=O)C(C)O.COC1(C(=O)O)CC(O)C(NC(C)=O)C(C(O)C(O)CO)O1.COC1OC(CO)C(O)C(O)C1O. The molecule has 43 nitrogen and oxygen atoms in total. The van der Waals surface area contributed by atoms with Crippen molar-refractivity contribution < 1.29 is 132 Å². The van der Waals surface area contributed by atoms with Crippen LogP contribution < -0.4 is 64.1 Å². The van der Waals surface area contributed by atoms with E-state index in [-0.39, 0.29) is 71.5 Å². The molecule has 3 fully saturated rings. The minimum atomic E-state index is -2.24. The van der Waals surface area contributed by atoms with Crippen LogP contribution in [0.4, 0.5) is 0 Å². The van der Waals surface area contributed by atoms with Gasteiger partial charge in [-0.3, -0.25) is 52.7 Å². The van der Waals surface area contributed by atoms with E-state index in [2.05, 4.69) is 79.7 Å². The molecule has 3 aliphatic heterocycles. The Kier molecular flexibility index (Phi) is 70.4. The second-order valence-electron chi connectivity index (χ2n) is 18.9. The summed E-state index contributed by atoms with van der Waals surface area (Å²) in [5.74, 6) is -6.11. The largest absolute Gasteiger partial charge is 0.477 e. The Labute approximate surface area is 578 Å². The first kappa shape index (κ1) is 107. The fourth-order valence-corrected chi connectivity index (χ4v) is 6.12. The number of carbonyl (C=O) groups is 12. The van der Waals surface area contributed by atoms with Crippen molar-refractivity contribution in [3.63, 3.8) is 0 Å². The van der Waals surface area contributed by atoms with E-state index >= 15 is 0 Å². The number of hydrogen-bond donors (Lipinski definition) is 22. The third-order valence-corrected chi connectivity index (χ3v) is 11.8. The van der Waals surface area contributed by atoms with Crippen LogP contribution in [0.1, 0.15) is 74.7 Å². The summed E-state index contributed by atoms with van der Waals surface area (Å²) >= 11 is 5.68. The molecule has 9 amide bonds. The fourth-order valence-electron chi connectivity index (χ4n) is 5.84. The summed E-state index contributed by atoms with van der Waals surface area (Å²) in [6.45, 7) is 10.7. The third-order valence-electron chi connectivity index (χ3n) is 11.1. The van der Waals surface area contributed by atoms with Crippen molar-refractivity contribution in [3.8, 4) is 0 Å². The zero-order chi connectivity index (χ0) is 78.8. The number of amides is 9. The van der Waals surface area contributed by atoms with Gasteiger partial charge in [-0.1, -0.05) is 17.3 Å². The first-order valence-electron chi connectivity index (χ1n) is 28.7. The van der Waals surface area contributed by atoms with Gasteiger partial charge in [0.2, 0.25) is 58.3 Å². The summed E-state index contributed by atoms with van der Waals surface area (Å²) < 4.78 is 26.4. The quantitative estimate of drug-likeness (QED) is 0.0122. The minimum Gasteiger partial charge on any atom is -0.477 e. The van der Waals surface area contributed by atoms with Crippen molar-refractivity contribution in [1.29, 1.82) is 0 Å². The molecule has 3 rings (SSSR count). The van der Waals surface area contributed by atoms with E-state index in [1.54, 1.807) is 49.1 Å². The summed E-state index contributed by atoms with van der Waals surface area (Å²) in [7, 11) is 16.4. The van der Waals surface area contributed by atoms with Gasteiger partial charge in [-0.05, 0) is 52.2 Å². The monoisotopic (exact) mass is 1460 g/mol. The first-order chi connectivity index (χ1) is 45.4. The molecule has 45 heteroatoms. The summed E-state index contributed by atoms with van der Waals surface area (Å²) in [6, 6.07) is -2.01. The van der Waals surface area contributed by atoms with E-state index in [0.717, 1.165) is 36.0 Å². The Hall–Kier alpha value is -7.09. The number of rotatable bonds is 17. The molecule has 574 valence electrons. The molecule has 0 aromatic heterocycles. The van der Waals surface area contributed by atoms with Crippen LogP contribution >= 0.6 is 24.2 Å². The Morgan fingerprint density at radius 1 is 0.755 bits per heavy atom. The van der Waals surface area contributed by atoms with Gasteiger partial charge in [-0.15, -0.1) is 0 Å². The minimum absolute atomic E-state index is 0.00463. The number of esters is 1. The normalized spacial score (nSPS) is 21.1. The van der Waals surface area contributed by atoms with E-state index in [0.29, 0.717) is 12.8 Å². The summed E-state index contributed by atoms with van der Waals surface area (Å²) in [5, 5.41) is 116. The zero-order valence-electron chi connectivity index (χ0n) is 58.6. The van der Waals surface area contributed by atoms with Crippen LogP contribution in [0.25, 0.3) is 10.4 Å². The Morgan fingerprint density at radius 3 is 1.47 bits per heavy atom. The average molecular weight is 1470 g/mol. The molecule has 24 N–H and O–H groups in total. The highest BCUT2D eigenvalue weighted by atomic mass is 32.2. The number of methoxy groups -OCH3 is 3. The number of carbonyl (C=O) groups excluding carboxylic acids is 11. The first-order valence-corrected chi connectivity index (χ1v) is 29.9. The highest BCUT2D eigenvalue weighted by Gasteiger charge is 2.55. The maximum Gasteiger partial charge on any atom is 0.364 e. The molecular formula is C53H108N16O27S2. The molecule has 0 aromatic carbocycles. The summed E-state index contributed by atoms with van der Waals surface area (Å²) in [5.41, 5.74) is 20.2. The number of azide groups is 1. The number of aliphatic hydroxyl groups excluding tert-OH is 9. The van der Waals surface area contributed by atoms with Crippen LogP contribution in [0.15, 0.2) is 5.11 Å². The van der Waals surface area contributed by atoms with Crippen molar-refractivity contribution in [2.45, 2.75) is 160 Å². The average Bonchev–Trinajstić information content (AvgIpc) is 0.902. The maximum absolute atomic E-state index is 11.3. The van der Waals surface area contributed by atoms with Crippen molar-refractivity contribution in [3.05, 3.63) is 10.4 Å². The maximum atomic E-state index is 11.3. The number of ether oxygens (including phenoxy) is 5. The number of carboxylic acids is 1. The topological polar surface area (TPSA) is 678 Å². The van der Waals surface area contributed by atoms with Gasteiger partial charge < -0.3 is 129 Å². The highest BCUT2D eigenvalue weighted by Crippen LogP contribution is 2.33. The van der Waals surface area contributed by atoms with Crippen molar-refractivity contribution in [2.75, 3.05) is 104 Å². The zero-order valence-corrected chi connectivity index (χ0v) is 60.3. The number of nitrogens with two attached hydrogens (primary N) is 2. The molecule has 14 unspecified atom stereocenters. The molecule has 0 aromatic rings. The standard InChI is InChI=1S/C12H21NO9.C7H14O6.C6H12N2O2.C5H8N2O2.C4H10N2O.C4H8O3.C3H6N4O.C3H8N2O.C3H7NOS.C3H7NO.C3H7NS/c1-5(15)13-8-6(16)3-12(21-2,11(19)20)22-10(8)9(18)7(17)4-14;1-12-7-6(11)5(10)4(9)3(2-8)13-7;1-4(6(10)7-3)8-5(2)9;1-6-7-4(8)2-3-5(7)9;1-3(5)4(7)6-2;1-3(5)4(6)7-2;1-5-3(8)2-6-7-4;1-5-3(6)2-4;1-3(5)6-4-2;2*1-3(5)4-2/h6-10,14,16-18H,3-4H2,1-2H3,(H,13,15)(H,19,20);3-11H,2H2,1H3;4H,1-3H3,(H,7,10)(H,8,9);6H,2-3H2,1H3;3H,5H2,1-2H3,(H,6,7);3,5H,1-2H3;2H2,1H3,(H,5,8);2,4H2,1H3,(H,5,6);4H,1-2H3;2*1-2H3,(H,4,5). The lowest BCUT2D eigenvalue weighted by atomic mass is 9.88. The third kappa shape index (κ3) is 54.9. The van der Waals surface area contributed by atoms with Gasteiger partial charge in [-0.2, -0.15) is 0 Å². The van der Waals surface area contributed by atoms with Crippen molar-refractivity contribution >= 4 is 99.4 Å².